The van der Waals surface area contributed by atoms with Crippen LogP contribution in [-0.2, 0) is 25.6 Å². The van der Waals surface area contributed by atoms with E-state index in [9.17, 15) is 24.3 Å². The molecule has 0 fully saturated rings. The van der Waals surface area contributed by atoms with E-state index in [0.29, 0.717) is 18.5 Å². The molecule has 0 bridgehead atoms. The average molecular weight is 538 g/mol. The number of nitrogens with zero attached hydrogens (tertiary/aromatic N) is 2. The van der Waals surface area contributed by atoms with Crippen LogP contribution in [0.1, 0.15) is 59.1 Å². The Labute approximate surface area is 223 Å². The Morgan fingerprint density at radius 3 is 2.16 bits per heavy atom. The summed E-state index contributed by atoms with van der Waals surface area (Å²) >= 11 is 0. The summed E-state index contributed by atoms with van der Waals surface area (Å²) < 4.78 is 0. The summed E-state index contributed by atoms with van der Waals surface area (Å²) in [4.78, 5) is 61.6. The Bertz CT molecular complexity index is 932. The molecule has 5 unspecified atom stereocenters. The van der Waals surface area contributed by atoms with Gasteiger partial charge in [0.15, 0.2) is 5.96 Å². The maximum Gasteiger partial charge on any atom is 0.326 e. The van der Waals surface area contributed by atoms with Crippen molar-refractivity contribution in [3.8, 4) is 0 Å². The Kier molecular flexibility index (Phi) is 13.8. The Balaban J connectivity index is 3.12. The van der Waals surface area contributed by atoms with Gasteiger partial charge in [-0.2, -0.15) is 0 Å². The number of hydrogen-bond donors (Lipinski definition) is 8. The zero-order valence-corrected chi connectivity index (χ0v) is 22.6. The molecule has 14 heteroatoms. The number of guanidine groups is 1. The fraction of sp³-hybridized carbons (Fsp3) is 0.667. The summed E-state index contributed by atoms with van der Waals surface area (Å²) in [5.41, 5.74) is 17.3. The number of rotatable bonds is 17. The number of H-pyrrole nitrogens is 1. The first-order chi connectivity index (χ1) is 17.8. The van der Waals surface area contributed by atoms with Crippen molar-refractivity contribution >= 4 is 29.7 Å². The zero-order chi connectivity index (χ0) is 28.8. The van der Waals surface area contributed by atoms with Gasteiger partial charge in [-0.05, 0) is 31.1 Å². The van der Waals surface area contributed by atoms with E-state index in [-0.39, 0.29) is 43.6 Å². The Hall–Kier alpha value is -3.68. The van der Waals surface area contributed by atoms with Gasteiger partial charge >= 0.3 is 5.97 Å². The van der Waals surface area contributed by atoms with Crippen molar-refractivity contribution in [2.45, 2.75) is 84.0 Å². The minimum absolute atomic E-state index is 0.0107. The van der Waals surface area contributed by atoms with Gasteiger partial charge in [0.1, 0.15) is 18.1 Å². The lowest BCUT2D eigenvalue weighted by Gasteiger charge is -2.26. The molecule has 0 radical (unpaired) electrons. The minimum Gasteiger partial charge on any atom is -0.480 e. The molecular weight excluding hydrogens is 494 g/mol. The maximum absolute atomic E-state index is 13.3. The molecule has 0 aliphatic heterocycles. The first kappa shape index (κ1) is 32.3. The predicted octanol–water partition coefficient (Wildman–Crippen LogP) is -1.04. The van der Waals surface area contributed by atoms with E-state index in [0.717, 1.165) is 0 Å². The molecule has 5 atom stereocenters. The van der Waals surface area contributed by atoms with Crippen LogP contribution in [-0.4, -0.2) is 75.4 Å². The van der Waals surface area contributed by atoms with Crippen molar-refractivity contribution in [3.63, 3.8) is 0 Å². The lowest BCUT2D eigenvalue weighted by molar-refractivity contribution is -0.142. The van der Waals surface area contributed by atoms with Gasteiger partial charge in [0, 0.05) is 24.9 Å². The summed E-state index contributed by atoms with van der Waals surface area (Å²) in [5, 5.41) is 17.4. The molecule has 1 heterocycles. The highest BCUT2D eigenvalue weighted by Gasteiger charge is 2.31. The molecule has 14 nitrogen and oxygen atoms in total. The van der Waals surface area contributed by atoms with Gasteiger partial charge in [-0.25, -0.2) is 9.78 Å². The van der Waals surface area contributed by atoms with E-state index in [4.69, 9.17) is 17.2 Å². The van der Waals surface area contributed by atoms with E-state index in [1.807, 2.05) is 27.7 Å². The number of aliphatic carboxylic acids is 1. The molecule has 214 valence electrons. The maximum atomic E-state index is 13.3. The van der Waals surface area contributed by atoms with Crippen LogP contribution in [0.3, 0.4) is 0 Å². The molecule has 0 spiro atoms. The number of carbonyl (C=O) groups is 4. The topological polar surface area (TPSA) is 244 Å². The van der Waals surface area contributed by atoms with E-state index in [1.54, 1.807) is 0 Å². The van der Waals surface area contributed by atoms with E-state index in [1.165, 1.54) is 12.5 Å². The van der Waals surface area contributed by atoms with Crippen molar-refractivity contribution in [3.05, 3.63) is 18.2 Å². The van der Waals surface area contributed by atoms with Crippen molar-refractivity contribution in [1.82, 2.24) is 25.9 Å². The van der Waals surface area contributed by atoms with Crippen molar-refractivity contribution in [2.75, 3.05) is 6.54 Å². The zero-order valence-electron chi connectivity index (χ0n) is 22.6. The predicted molar refractivity (Wildman–Crippen MR) is 143 cm³/mol. The number of aromatic nitrogens is 2. The van der Waals surface area contributed by atoms with Gasteiger partial charge in [-0.1, -0.05) is 34.1 Å². The first-order valence-corrected chi connectivity index (χ1v) is 12.8. The van der Waals surface area contributed by atoms with Gasteiger partial charge in [0.25, 0.3) is 0 Å². The highest BCUT2D eigenvalue weighted by molar-refractivity contribution is 5.94. The fourth-order valence-corrected chi connectivity index (χ4v) is 3.62. The van der Waals surface area contributed by atoms with Crippen LogP contribution < -0.4 is 33.2 Å². The Morgan fingerprint density at radius 1 is 1.03 bits per heavy atom. The second-order valence-electron chi connectivity index (χ2n) is 9.79. The third-order valence-electron chi connectivity index (χ3n) is 6.07. The highest BCUT2D eigenvalue weighted by Crippen LogP contribution is 2.09. The standard InChI is InChI=1S/C24H43N9O5/c1-5-14(4)19(25)22(36)31-16(7-6-8-29-24(26)27)20(34)32-17(10-15-11-28-12-30-15)21(35)33-18(23(37)38)9-13(2)3/h11-14,16-19H,5-10,25H2,1-4H3,(H,28,30)(H,31,36)(H,32,34)(H,33,35)(H,37,38)(H4,26,27,29). The number of hydrogen-bond acceptors (Lipinski definition) is 7. The van der Waals surface area contributed by atoms with Gasteiger partial charge < -0.3 is 43.2 Å². The molecule has 3 amide bonds. The first-order valence-electron chi connectivity index (χ1n) is 12.8. The number of nitrogens with two attached hydrogens (primary N) is 3. The molecule has 0 aromatic carbocycles. The number of amides is 3. The number of nitrogens with one attached hydrogen (secondary N) is 4. The minimum atomic E-state index is -1.18. The molecule has 1 aromatic rings. The van der Waals surface area contributed by atoms with Crippen LogP contribution in [0.15, 0.2) is 17.5 Å². The number of carbonyl (C=O) groups excluding carboxylic acids is 3. The molecule has 1 rings (SSSR count). The summed E-state index contributed by atoms with van der Waals surface area (Å²) in [7, 11) is 0. The normalized spacial score (nSPS) is 15.0. The summed E-state index contributed by atoms with van der Waals surface area (Å²) in [5.74, 6) is -3.19. The van der Waals surface area contributed by atoms with Crippen LogP contribution in [0.5, 0.6) is 0 Å². The third-order valence-corrected chi connectivity index (χ3v) is 6.07. The van der Waals surface area contributed by atoms with Crippen molar-refractivity contribution < 1.29 is 24.3 Å². The van der Waals surface area contributed by atoms with Gasteiger partial charge in [-0.15, -0.1) is 0 Å². The number of carboxylic acid groups (broad SMARTS) is 1. The molecule has 11 N–H and O–H groups in total. The van der Waals surface area contributed by atoms with Crippen LogP contribution in [0, 0.1) is 11.8 Å². The van der Waals surface area contributed by atoms with E-state index < -0.39 is 47.9 Å². The van der Waals surface area contributed by atoms with Gasteiger partial charge in [0.05, 0.1) is 12.4 Å². The SMILES string of the molecule is CCC(C)C(N)C(=O)NC(CCCN=C(N)N)C(=O)NC(Cc1cnc[nH]1)C(=O)NC(CC(C)C)C(=O)O. The van der Waals surface area contributed by atoms with Crippen LogP contribution in [0.4, 0.5) is 0 Å². The number of aromatic amines is 1. The molecule has 0 aliphatic carbocycles. The molecule has 38 heavy (non-hydrogen) atoms. The monoisotopic (exact) mass is 537 g/mol. The Morgan fingerprint density at radius 2 is 1.63 bits per heavy atom. The lowest BCUT2D eigenvalue weighted by atomic mass is 9.98. The third kappa shape index (κ3) is 11.6. The van der Waals surface area contributed by atoms with E-state index in [2.05, 4.69) is 30.9 Å². The van der Waals surface area contributed by atoms with Gasteiger partial charge in [-0.3, -0.25) is 19.4 Å². The summed E-state index contributed by atoms with van der Waals surface area (Å²) in [6.45, 7) is 7.64. The number of carboxylic acids is 1. The largest absolute Gasteiger partial charge is 0.480 e. The number of imidazole rings is 1. The van der Waals surface area contributed by atoms with Crippen LogP contribution in [0.25, 0.3) is 0 Å². The van der Waals surface area contributed by atoms with E-state index >= 15 is 0 Å². The van der Waals surface area contributed by atoms with Crippen molar-refractivity contribution in [2.24, 2.45) is 34.0 Å². The quantitative estimate of drug-likeness (QED) is 0.0686. The lowest BCUT2D eigenvalue weighted by Crippen LogP contribution is -2.58. The highest BCUT2D eigenvalue weighted by atomic mass is 16.4. The fourth-order valence-electron chi connectivity index (χ4n) is 3.62. The van der Waals surface area contributed by atoms with Crippen LogP contribution in [0.2, 0.25) is 0 Å². The second-order valence-corrected chi connectivity index (χ2v) is 9.79. The molecule has 0 saturated carbocycles. The number of aliphatic imine (C=N–C) groups is 1. The molecule has 1 aromatic heterocycles. The molecular formula is C24H43N9O5. The summed E-state index contributed by atoms with van der Waals surface area (Å²) in [6, 6.07) is -4.14. The summed E-state index contributed by atoms with van der Waals surface area (Å²) in [6.07, 6.45) is 4.36. The molecule has 0 saturated heterocycles. The average Bonchev–Trinajstić information content (AvgIpc) is 3.36. The second kappa shape index (κ2) is 16.2. The van der Waals surface area contributed by atoms with Crippen LogP contribution >= 0.6 is 0 Å². The smallest absolute Gasteiger partial charge is 0.326 e. The molecule has 0 aliphatic rings. The van der Waals surface area contributed by atoms with Crippen molar-refractivity contribution in [1.29, 1.82) is 0 Å². The van der Waals surface area contributed by atoms with Gasteiger partial charge in [0.2, 0.25) is 17.7 Å².